The van der Waals surface area contributed by atoms with E-state index < -0.39 is 0 Å². The molecular formula is C3H2INOS2. The minimum Gasteiger partial charge on any atom is -0.310 e. The summed E-state index contributed by atoms with van der Waals surface area (Å²) in [6.45, 7) is 0. The molecule has 5 heteroatoms. The van der Waals surface area contributed by atoms with Gasteiger partial charge in [0.2, 0.25) is 5.91 Å². The SMILES string of the molecule is O=C1NC(=S)SC1I. The van der Waals surface area contributed by atoms with Crippen molar-refractivity contribution in [2.24, 2.45) is 0 Å². The molecule has 44 valence electrons. The number of carbonyl (C=O) groups excluding carboxylic acids is 1. The second-order valence-electron chi connectivity index (χ2n) is 1.21. The van der Waals surface area contributed by atoms with Gasteiger partial charge in [-0.05, 0) is 0 Å². The van der Waals surface area contributed by atoms with Crippen molar-refractivity contribution in [3.8, 4) is 0 Å². The molecule has 1 aliphatic heterocycles. The van der Waals surface area contributed by atoms with Crippen LogP contribution in [0.5, 0.6) is 0 Å². The van der Waals surface area contributed by atoms with Gasteiger partial charge in [-0.1, -0.05) is 46.6 Å². The number of carbonyl (C=O) groups is 1. The number of halogens is 1. The van der Waals surface area contributed by atoms with Crippen molar-refractivity contribution in [3.05, 3.63) is 0 Å². The van der Waals surface area contributed by atoms with Crippen LogP contribution in [-0.2, 0) is 4.79 Å². The molecule has 0 aromatic heterocycles. The van der Waals surface area contributed by atoms with Gasteiger partial charge in [-0.2, -0.15) is 0 Å². The molecule has 2 nitrogen and oxygen atoms in total. The molecule has 0 bridgehead atoms. The third kappa shape index (κ3) is 1.32. The number of thioether (sulfide) groups is 1. The van der Waals surface area contributed by atoms with Gasteiger partial charge in [0.1, 0.15) is 7.58 Å². The molecule has 1 fully saturated rings. The van der Waals surface area contributed by atoms with E-state index in [1.807, 2.05) is 22.6 Å². The molecule has 8 heavy (non-hydrogen) atoms. The van der Waals surface area contributed by atoms with E-state index in [-0.39, 0.29) is 9.16 Å². The van der Waals surface area contributed by atoms with Crippen molar-refractivity contribution in [1.82, 2.24) is 5.32 Å². The smallest absolute Gasteiger partial charge is 0.248 e. The summed E-state index contributed by atoms with van der Waals surface area (Å²) in [5, 5.41) is 2.51. The van der Waals surface area contributed by atoms with Gasteiger partial charge in [-0.3, -0.25) is 4.79 Å². The second-order valence-corrected chi connectivity index (χ2v) is 5.08. The Morgan fingerprint density at radius 3 is 2.62 bits per heavy atom. The molecule has 1 aliphatic rings. The molecule has 1 atom stereocenters. The van der Waals surface area contributed by atoms with Crippen LogP contribution in [0.4, 0.5) is 0 Å². The van der Waals surface area contributed by atoms with E-state index in [2.05, 4.69) is 5.32 Å². The summed E-state index contributed by atoms with van der Waals surface area (Å²) in [5.74, 6) is 0.0144. The van der Waals surface area contributed by atoms with Crippen LogP contribution in [0.2, 0.25) is 0 Å². The predicted octanol–water partition coefficient (Wildman–Crippen LogP) is 0.895. The molecule has 0 aromatic rings. The average Bonchev–Trinajstić information content (AvgIpc) is 1.85. The van der Waals surface area contributed by atoms with Gasteiger partial charge in [-0.15, -0.1) is 0 Å². The Labute approximate surface area is 69.9 Å². The van der Waals surface area contributed by atoms with Crippen LogP contribution in [0, 0.1) is 0 Å². The highest BCUT2D eigenvalue weighted by Gasteiger charge is 2.25. The Morgan fingerprint density at radius 2 is 2.50 bits per heavy atom. The molecule has 0 aliphatic carbocycles. The van der Waals surface area contributed by atoms with Crippen molar-refractivity contribution in [3.63, 3.8) is 0 Å². The van der Waals surface area contributed by atoms with E-state index in [1.165, 1.54) is 11.8 Å². The van der Waals surface area contributed by atoms with E-state index in [1.54, 1.807) is 0 Å². The number of hydrogen-bond acceptors (Lipinski definition) is 3. The quantitative estimate of drug-likeness (QED) is 0.398. The normalized spacial score (nSPS) is 28.4. The predicted molar refractivity (Wildman–Crippen MR) is 46.1 cm³/mol. The topological polar surface area (TPSA) is 29.1 Å². The van der Waals surface area contributed by atoms with Gasteiger partial charge in [-0.25, -0.2) is 0 Å². The molecule has 0 spiro atoms. The van der Waals surface area contributed by atoms with Gasteiger partial charge in [0.05, 0.1) is 0 Å². The van der Waals surface area contributed by atoms with Gasteiger partial charge >= 0.3 is 0 Å². The number of nitrogens with one attached hydrogen (secondary N) is 1. The number of amides is 1. The van der Waals surface area contributed by atoms with E-state index in [0.717, 1.165) is 0 Å². The fraction of sp³-hybridized carbons (Fsp3) is 0.333. The molecule has 0 aromatic carbocycles. The third-order valence-electron chi connectivity index (χ3n) is 0.642. The first-order valence-electron chi connectivity index (χ1n) is 1.85. The maximum Gasteiger partial charge on any atom is 0.248 e. The van der Waals surface area contributed by atoms with Crippen LogP contribution in [-0.4, -0.2) is 13.5 Å². The number of rotatable bonds is 0. The molecule has 0 saturated carbocycles. The summed E-state index contributed by atoms with van der Waals surface area (Å²) in [5.41, 5.74) is 0. The maximum absolute atomic E-state index is 10.6. The fourth-order valence-corrected chi connectivity index (χ4v) is 2.67. The van der Waals surface area contributed by atoms with E-state index in [9.17, 15) is 4.79 Å². The van der Waals surface area contributed by atoms with Crippen molar-refractivity contribution >= 4 is 56.8 Å². The van der Waals surface area contributed by atoms with Crippen LogP contribution in [0.25, 0.3) is 0 Å². The molecule has 1 saturated heterocycles. The third-order valence-corrected chi connectivity index (χ3v) is 3.10. The Kier molecular flexibility index (Phi) is 2.10. The number of hydrogen-bond donors (Lipinski definition) is 1. The summed E-state index contributed by atoms with van der Waals surface area (Å²) in [6, 6.07) is 0. The van der Waals surface area contributed by atoms with Gasteiger partial charge in [0, 0.05) is 0 Å². The van der Waals surface area contributed by atoms with Crippen molar-refractivity contribution in [1.29, 1.82) is 0 Å². The van der Waals surface area contributed by atoms with Crippen molar-refractivity contribution < 1.29 is 4.79 Å². The van der Waals surface area contributed by atoms with Crippen LogP contribution in [0.3, 0.4) is 0 Å². The molecule has 1 unspecified atom stereocenters. The molecule has 1 amide bonds. The zero-order chi connectivity index (χ0) is 6.15. The lowest BCUT2D eigenvalue weighted by atomic mass is 10.7. The van der Waals surface area contributed by atoms with Crippen LogP contribution < -0.4 is 5.32 Å². The van der Waals surface area contributed by atoms with Crippen LogP contribution in [0.1, 0.15) is 0 Å². The summed E-state index contributed by atoms with van der Waals surface area (Å²) in [7, 11) is 0. The summed E-state index contributed by atoms with van der Waals surface area (Å²) < 4.78 is 0.578. The largest absolute Gasteiger partial charge is 0.310 e. The van der Waals surface area contributed by atoms with Gasteiger partial charge in [0.15, 0.2) is 0 Å². The Hall–Kier alpha value is 0.640. The first-order chi connectivity index (χ1) is 3.70. The monoisotopic (exact) mass is 259 g/mol. The number of alkyl halides is 1. The molecule has 0 radical (unpaired) electrons. The lowest BCUT2D eigenvalue weighted by Gasteiger charge is -1.85. The summed E-state index contributed by atoms with van der Waals surface area (Å²) in [6.07, 6.45) is 0. The fourth-order valence-electron chi connectivity index (χ4n) is 0.334. The highest BCUT2D eigenvalue weighted by molar-refractivity contribution is 14.1. The van der Waals surface area contributed by atoms with Crippen molar-refractivity contribution in [2.75, 3.05) is 0 Å². The zero-order valence-corrected chi connectivity index (χ0v) is 7.47. The minimum atomic E-state index is -0.0138. The molecule has 1 rings (SSSR count). The first-order valence-corrected chi connectivity index (χ1v) is 4.39. The van der Waals surface area contributed by atoms with Crippen molar-refractivity contribution in [2.45, 2.75) is 3.26 Å². The highest BCUT2D eigenvalue weighted by Crippen LogP contribution is 2.24. The maximum atomic E-state index is 10.6. The Bertz CT molecular complexity index is 148. The molecule has 1 N–H and O–H groups in total. The first kappa shape index (κ1) is 6.76. The number of thiocarbonyl (C=S) groups is 1. The minimum absolute atomic E-state index is 0.0138. The van der Waals surface area contributed by atoms with E-state index in [0.29, 0.717) is 4.32 Å². The van der Waals surface area contributed by atoms with Gasteiger partial charge < -0.3 is 5.32 Å². The lowest BCUT2D eigenvalue weighted by molar-refractivity contribution is -0.117. The lowest BCUT2D eigenvalue weighted by Crippen LogP contribution is -2.20. The second kappa shape index (κ2) is 2.49. The Morgan fingerprint density at radius 1 is 1.88 bits per heavy atom. The average molecular weight is 259 g/mol. The standard InChI is InChI=1S/C3H2INOS2/c4-1-2(6)5-3(7)8-1/h1H,(H,5,6,7). The highest BCUT2D eigenvalue weighted by atomic mass is 127. The Balaban J connectivity index is 2.64. The molecular weight excluding hydrogens is 257 g/mol. The van der Waals surface area contributed by atoms with Crippen LogP contribution in [0.15, 0.2) is 0 Å². The zero-order valence-electron chi connectivity index (χ0n) is 3.68. The van der Waals surface area contributed by atoms with Gasteiger partial charge in [0.25, 0.3) is 0 Å². The summed E-state index contributed by atoms with van der Waals surface area (Å²) >= 11 is 8.12. The van der Waals surface area contributed by atoms with Crippen LogP contribution >= 0.6 is 46.6 Å². The molecule has 1 heterocycles. The van der Waals surface area contributed by atoms with E-state index in [4.69, 9.17) is 12.2 Å². The van der Waals surface area contributed by atoms with E-state index >= 15 is 0 Å². The summed E-state index contributed by atoms with van der Waals surface area (Å²) in [4.78, 5) is 10.6.